The third kappa shape index (κ3) is 2.20. The van der Waals surface area contributed by atoms with Gasteiger partial charge in [0.25, 0.3) is 0 Å². The summed E-state index contributed by atoms with van der Waals surface area (Å²) in [4.78, 5) is 12.7. The van der Waals surface area contributed by atoms with E-state index in [1.54, 1.807) is 12.1 Å². The van der Waals surface area contributed by atoms with Gasteiger partial charge in [0.05, 0.1) is 5.41 Å². The molecule has 0 unspecified atom stereocenters. The van der Waals surface area contributed by atoms with Crippen molar-refractivity contribution in [3.8, 4) is 11.5 Å². The minimum Gasteiger partial charge on any atom is -0.454 e. The molecule has 5 heteroatoms. The van der Waals surface area contributed by atoms with Crippen LogP contribution in [0.2, 0.25) is 5.02 Å². The van der Waals surface area contributed by atoms with Gasteiger partial charge in [-0.2, -0.15) is 0 Å². The van der Waals surface area contributed by atoms with Crippen LogP contribution in [0.4, 0.5) is 5.69 Å². The highest BCUT2D eigenvalue weighted by Crippen LogP contribution is 2.51. The molecule has 1 heterocycles. The lowest BCUT2D eigenvalue weighted by atomic mass is 9.94. The van der Waals surface area contributed by atoms with Crippen molar-refractivity contribution in [3.63, 3.8) is 0 Å². The molecule has 0 radical (unpaired) electrons. The smallest absolute Gasteiger partial charge is 0.235 e. The maximum atomic E-state index is 12.7. The Morgan fingerprint density at radius 2 is 1.91 bits per heavy atom. The number of benzene rings is 2. The van der Waals surface area contributed by atoms with Crippen molar-refractivity contribution in [2.75, 3.05) is 12.1 Å². The third-order valence-electron chi connectivity index (χ3n) is 4.19. The quantitative estimate of drug-likeness (QED) is 0.938. The molecule has 4 nitrogen and oxygen atoms in total. The highest BCUT2D eigenvalue weighted by molar-refractivity contribution is 6.30. The molecule has 1 amide bonds. The minimum atomic E-state index is -0.469. The Labute approximate surface area is 133 Å². The first-order chi connectivity index (χ1) is 10.7. The molecule has 22 heavy (non-hydrogen) atoms. The number of hydrogen-bond acceptors (Lipinski definition) is 3. The van der Waals surface area contributed by atoms with Crippen LogP contribution in [-0.4, -0.2) is 12.7 Å². The number of hydrogen-bond donors (Lipinski definition) is 1. The molecule has 1 N–H and O–H groups in total. The lowest BCUT2D eigenvalue weighted by Crippen LogP contribution is -2.27. The molecule has 1 aliphatic carbocycles. The van der Waals surface area contributed by atoms with Crippen molar-refractivity contribution in [3.05, 3.63) is 53.1 Å². The minimum absolute atomic E-state index is 0.00590. The van der Waals surface area contributed by atoms with Gasteiger partial charge in [-0.05, 0) is 48.7 Å². The summed E-state index contributed by atoms with van der Waals surface area (Å²) in [5.74, 6) is 1.43. The number of nitrogens with one attached hydrogen (secondary N) is 1. The van der Waals surface area contributed by atoms with Crippen molar-refractivity contribution in [1.29, 1.82) is 0 Å². The highest BCUT2D eigenvalue weighted by Gasteiger charge is 2.51. The molecule has 1 aliphatic heterocycles. The van der Waals surface area contributed by atoms with Crippen molar-refractivity contribution >= 4 is 23.2 Å². The SMILES string of the molecule is O=C(Nc1cccc(Cl)c1)C1(c2ccc3c(c2)OCO3)CC1. The summed E-state index contributed by atoms with van der Waals surface area (Å²) in [5, 5.41) is 3.56. The van der Waals surface area contributed by atoms with Gasteiger partial charge in [-0.1, -0.05) is 23.7 Å². The van der Waals surface area contributed by atoms with E-state index in [-0.39, 0.29) is 12.7 Å². The Morgan fingerprint density at radius 3 is 2.68 bits per heavy atom. The number of carbonyl (C=O) groups excluding carboxylic acids is 1. The van der Waals surface area contributed by atoms with E-state index in [4.69, 9.17) is 21.1 Å². The largest absolute Gasteiger partial charge is 0.454 e. The van der Waals surface area contributed by atoms with Crippen LogP contribution in [0.15, 0.2) is 42.5 Å². The third-order valence-corrected chi connectivity index (χ3v) is 4.43. The van der Waals surface area contributed by atoms with E-state index in [1.807, 2.05) is 30.3 Å². The standard InChI is InChI=1S/C17H14ClNO3/c18-12-2-1-3-13(9-12)19-16(20)17(6-7-17)11-4-5-14-15(8-11)22-10-21-14/h1-5,8-9H,6-7,10H2,(H,19,20). The van der Waals surface area contributed by atoms with Gasteiger partial charge in [-0.25, -0.2) is 0 Å². The summed E-state index contributed by atoms with van der Waals surface area (Å²) >= 11 is 5.96. The average molecular weight is 316 g/mol. The van der Waals surface area contributed by atoms with Crippen LogP contribution in [0.5, 0.6) is 11.5 Å². The monoisotopic (exact) mass is 315 g/mol. The Morgan fingerprint density at radius 1 is 1.09 bits per heavy atom. The van der Waals surface area contributed by atoms with E-state index < -0.39 is 5.41 Å². The number of fused-ring (bicyclic) bond motifs is 1. The normalized spacial score (nSPS) is 17.1. The van der Waals surface area contributed by atoms with E-state index in [0.717, 1.165) is 24.2 Å². The van der Waals surface area contributed by atoms with Gasteiger partial charge in [0.1, 0.15) is 0 Å². The van der Waals surface area contributed by atoms with E-state index in [2.05, 4.69) is 5.32 Å². The van der Waals surface area contributed by atoms with Crippen molar-refractivity contribution < 1.29 is 14.3 Å². The summed E-state index contributed by atoms with van der Waals surface area (Å²) in [6, 6.07) is 12.9. The van der Waals surface area contributed by atoms with Crippen molar-refractivity contribution in [2.24, 2.45) is 0 Å². The number of rotatable bonds is 3. The fourth-order valence-corrected chi connectivity index (χ4v) is 2.97. The first-order valence-corrected chi connectivity index (χ1v) is 7.52. The molecule has 2 aromatic rings. The zero-order valence-corrected chi connectivity index (χ0v) is 12.5. The Hall–Kier alpha value is -2.20. The van der Waals surface area contributed by atoms with Gasteiger partial charge in [0.2, 0.25) is 12.7 Å². The first kappa shape index (κ1) is 13.5. The first-order valence-electron chi connectivity index (χ1n) is 7.15. The fraction of sp³-hybridized carbons (Fsp3) is 0.235. The number of halogens is 1. The van der Waals surface area contributed by atoms with Gasteiger partial charge in [0, 0.05) is 10.7 Å². The number of anilines is 1. The Bertz CT molecular complexity index is 755. The van der Waals surface area contributed by atoms with Crippen molar-refractivity contribution in [2.45, 2.75) is 18.3 Å². The molecular weight excluding hydrogens is 302 g/mol. The van der Waals surface area contributed by atoms with Gasteiger partial charge in [-0.15, -0.1) is 0 Å². The van der Waals surface area contributed by atoms with Crippen LogP contribution < -0.4 is 14.8 Å². The summed E-state index contributed by atoms with van der Waals surface area (Å²) in [6.07, 6.45) is 1.66. The predicted octanol–water partition coefficient (Wildman–Crippen LogP) is 3.74. The zero-order chi connectivity index (χ0) is 15.2. The topological polar surface area (TPSA) is 47.6 Å². The maximum Gasteiger partial charge on any atom is 0.235 e. The number of amides is 1. The van der Waals surface area contributed by atoms with E-state index in [9.17, 15) is 4.79 Å². The van der Waals surface area contributed by atoms with Gasteiger partial charge in [0.15, 0.2) is 11.5 Å². The summed E-state index contributed by atoms with van der Waals surface area (Å²) in [5.41, 5.74) is 1.21. The summed E-state index contributed by atoms with van der Waals surface area (Å²) in [6.45, 7) is 0.237. The van der Waals surface area contributed by atoms with Gasteiger partial charge in [-0.3, -0.25) is 4.79 Å². The van der Waals surface area contributed by atoms with Gasteiger partial charge >= 0.3 is 0 Å². The highest BCUT2D eigenvalue weighted by atomic mass is 35.5. The van der Waals surface area contributed by atoms with E-state index >= 15 is 0 Å². The second-order valence-electron chi connectivity index (χ2n) is 5.61. The molecule has 0 bridgehead atoms. The lowest BCUT2D eigenvalue weighted by Gasteiger charge is -2.16. The summed E-state index contributed by atoms with van der Waals surface area (Å²) < 4.78 is 10.7. The fourth-order valence-electron chi connectivity index (χ4n) is 2.78. The molecule has 2 aliphatic rings. The summed E-state index contributed by atoms with van der Waals surface area (Å²) in [7, 11) is 0. The molecular formula is C17H14ClNO3. The van der Waals surface area contributed by atoms with E-state index in [1.165, 1.54) is 0 Å². The van der Waals surface area contributed by atoms with Crippen LogP contribution in [0, 0.1) is 0 Å². The Kier molecular flexibility index (Phi) is 3.01. The molecule has 2 aromatic carbocycles. The molecule has 0 atom stereocenters. The van der Waals surface area contributed by atoms with Gasteiger partial charge < -0.3 is 14.8 Å². The molecule has 1 saturated carbocycles. The van der Waals surface area contributed by atoms with Crippen molar-refractivity contribution in [1.82, 2.24) is 0 Å². The molecule has 1 fully saturated rings. The average Bonchev–Trinajstić information content (AvgIpc) is 3.19. The Balaban J connectivity index is 1.60. The van der Waals surface area contributed by atoms with Crippen LogP contribution in [0.3, 0.4) is 0 Å². The molecule has 0 aromatic heterocycles. The second kappa shape index (κ2) is 4.92. The predicted molar refractivity (Wildman–Crippen MR) is 83.6 cm³/mol. The second-order valence-corrected chi connectivity index (χ2v) is 6.05. The number of carbonyl (C=O) groups is 1. The molecule has 112 valence electrons. The lowest BCUT2D eigenvalue weighted by molar-refractivity contribution is -0.118. The zero-order valence-electron chi connectivity index (χ0n) is 11.8. The van der Waals surface area contributed by atoms with Crippen LogP contribution in [0.25, 0.3) is 0 Å². The number of ether oxygens (including phenoxy) is 2. The molecule has 0 saturated heterocycles. The van der Waals surface area contributed by atoms with Crippen LogP contribution >= 0.6 is 11.6 Å². The van der Waals surface area contributed by atoms with E-state index in [0.29, 0.717) is 16.5 Å². The molecule has 4 rings (SSSR count). The van der Waals surface area contributed by atoms with Crippen LogP contribution in [0.1, 0.15) is 18.4 Å². The maximum absolute atomic E-state index is 12.7. The molecule has 0 spiro atoms. The van der Waals surface area contributed by atoms with Crippen LogP contribution in [-0.2, 0) is 10.2 Å².